The maximum absolute atomic E-state index is 13.1. The molecule has 2 amide bonds. The van der Waals surface area contributed by atoms with Gasteiger partial charge >= 0.3 is 0 Å². The summed E-state index contributed by atoms with van der Waals surface area (Å²) >= 11 is 0. The minimum atomic E-state index is -0.439. The molecule has 7 heteroatoms. The molecule has 2 aliphatic rings. The Morgan fingerprint density at radius 1 is 1.25 bits per heavy atom. The Morgan fingerprint density at radius 3 is 2.86 bits per heavy atom. The molecular formula is C21H25N3O4. The van der Waals surface area contributed by atoms with Gasteiger partial charge in [-0.15, -0.1) is 0 Å². The van der Waals surface area contributed by atoms with E-state index in [1.165, 1.54) is 12.8 Å². The number of hydrogen-bond donors (Lipinski definition) is 1. The Labute approximate surface area is 164 Å². The van der Waals surface area contributed by atoms with E-state index in [4.69, 9.17) is 9.26 Å². The average Bonchev–Trinajstić information content (AvgIpc) is 3.45. The molecule has 2 fully saturated rings. The highest BCUT2D eigenvalue weighted by atomic mass is 16.5. The molecule has 1 saturated heterocycles. The summed E-state index contributed by atoms with van der Waals surface area (Å²) < 4.78 is 10.8. The van der Waals surface area contributed by atoms with Gasteiger partial charge in [-0.25, -0.2) is 0 Å². The summed E-state index contributed by atoms with van der Waals surface area (Å²) in [6.07, 6.45) is 4.86. The van der Waals surface area contributed by atoms with E-state index in [0.29, 0.717) is 36.9 Å². The average molecular weight is 383 g/mol. The van der Waals surface area contributed by atoms with Gasteiger partial charge in [0.15, 0.2) is 11.5 Å². The van der Waals surface area contributed by atoms with Gasteiger partial charge in [-0.1, -0.05) is 17.3 Å². The molecule has 1 unspecified atom stereocenters. The zero-order chi connectivity index (χ0) is 19.5. The van der Waals surface area contributed by atoms with Crippen LogP contribution in [-0.4, -0.2) is 48.1 Å². The van der Waals surface area contributed by atoms with E-state index in [9.17, 15) is 9.59 Å². The van der Waals surface area contributed by atoms with Crippen molar-refractivity contribution >= 4 is 11.8 Å². The Hall–Kier alpha value is -2.83. The standard InChI is InChI=1S/C21H25N3O4/c1-27-18-8-3-2-6-15(18)19-12-16(23-28-19)21(26)24-11-5-4-7-17(24)20(25)22-13-14-9-10-14/h2-3,6,8,12,14,17H,4-5,7,9-11,13H2,1H3,(H,22,25). The predicted molar refractivity (Wildman–Crippen MR) is 103 cm³/mol. The van der Waals surface area contributed by atoms with Crippen molar-refractivity contribution in [1.82, 2.24) is 15.4 Å². The summed E-state index contributed by atoms with van der Waals surface area (Å²) in [5.41, 5.74) is 0.941. The van der Waals surface area contributed by atoms with Crippen molar-refractivity contribution in [3.05, 3.63) is 36.0 Å². The van der Waals surface area contributed by atoms with Crippen LogP contribution in [-0.2, 0) is 4.79 Å². The molecule has 1 saturated carbocycles. The topological polar surface area (TPSA) is 84.7 Å². The molecule has 1 aromatic heterocycles. The highest BCUT2D eigenvalue weighted by Gasteiger charge is 2.34. The Morgan fingerprint density at radius 2 is 2.07 bits per heavy atom. The van der Waals surface area contributed by atoms with Crippen LogP contribution >= 0.6 is 0 Å². The molecular weight excluding hydrogens is 358 g/mol. The Bertz CT molecular complexity index is 859. The number of piperidine rings is 1. The molecule has 2 heterocycles. The normalized spacial score (nSPS) is 19.3. The molecule has 2 aromatic rings. The molecule has 1 aliphatic carbocycles. The van der Waals surface area contributed by atoms with E-state index in [1.54, 1.807) is 18.1 Å². The minimum absolute atomic E-state index is 0.0617. The first-order chi connectivity index (χ1) is 13.7. The van der Waals surface area contributed by atoms with Gasteiger partial charge in [-0.2, -0.15) is 0 Å². The third-order valence-electron chi connectivity index (χ3n) is 5.43. The van der Waals surface area contributed by atoms with Gasteiger partial charge in [0.05, 0.1) is 12.7 Å². The maximum Gasteiger partial charge on any atom is 0.276 e. The second-order valence-corrected chi connectivity index (χ2v) is 7.48. The molecule has 148 valence electrons. The fourth-order valence-electron chi connectivity index (χ4n) is 3.63. The second-order valence-electron chi connectivity index (χ2n) is 7.48. The molecule has 0 spiro atoms. The lowest BCUT2D eigenvalue weighted by molar-refractivity contribution is -0.126. The third kappa shape index (κ3) is 3.88. The molecule has 1 atom stereocenters. The lowest BCUT2D eigenvalue weighted by Crippen LogP contribution is -2.52. The third-order valence-corrected chi connectivity index (χ3v) is 5.43. The van der Waals surface area contributed by atoms with Gasteiger partial charge in [-0.05, 0) is 50.2 Å². The molecule has 28 heavy (non-hydrogen) atoms. The summed E-state index contributed by atoms with van der Waals surface area (Å²) in [6.45, 7) is 1.26. The summed E-state index contributed by atoms with van der Waals surface area (Å²) in [5.74, 6) is 1.39. The number of likely N-dealkylation sites (tertiary alicyclic amines) is 1. The molecule has 1 aromatic carbocycles. The molecule has 4 rings (SSSR count). The van der Waals surface area contributed by atoms with E-state index in [0.717, 1.165) is 18.4 Å². The SMILES string of the molecule is COc1ccccc1-c1cc(C(=O)N2CCCCC2C(=O)NCC2CC2)no1. The van der Waals surface area contributed by atoms with Crippen molar-refractivity contribution in [2.24, 2.45) is 5.92 Å². The van der Waals surface area contributed by atoms with Gasteiger partial charge in [0, 0.05) is 19.2 Å². The first-order valence-corrected chi connectivity index (χ1v) is 9.86. The van der Waals surface area contributed by atoms with Crippen LogP contribution in [0.5, 0.6) is 5.75 Å². The predicted octanol–water partition coefficient (Wildman–Crippen LogP) is 2.87. The number of rotatable bonds is 6. The quantitative estimate of drug-likeness (QED) is 0.829. The number of hydrogen-bond acceptors (Lipinski definition) is 5. The van der Waals surface area contributed by atoms with Crippen molar-refractivity contribution < 1.29 is 18.8 Å². The zero-order valence-corrected chi connectivity index (χ0v) is 16.0. The van der Waals surface area contributed by atoms with Crippen LogP contribution in [0, 0.1) is 5.92 Å². The van der Waals surface area contributed by atoms with Crippen LogP contribution in [0.3, 0.4) is 0 Å². The van der Waals surface area contributed by atoms with E-state index in [-0.39, 0.29) is 17.5 Å². The van der Waals surface area contributed by atoms with Gasteiger partial charge in [0.25, 0.3) is 5.91 Å². The number of carbonyl (C=O) groups is 2. The number of ether oxygens (including phenoxy) is 1. The van der Waals surface area contributed by atoms with Crippen LogP contribution < -0.4 is 10.1 Å². The van der Waals surface area contributed by atoms with Crippen LogP contribution in [0.4, 0.5) is 0 Å². The number of nitrogens with zero attached hydrogens (tertiary/aromatic N) is 2. The Kier molecular flexibility index (Phi) is 5.32. The number of para-hydroxylation sites is 1. The van der Waals surface area contributed by atoms with Crippen LogP contribution in [0.1, 0.15) is 42.6 Å². The number of amides is 2. The number of carbonyl (C=O) groups excluding carboxylic acids is 2. The van der Waals surface area contributed by atoms with E-state index in [1.807, 2.05) is 24.3 Å². The summed E-state index contributed by atoms with van der Waals surface area (Å²) in [6, 6.07) is 8.59. The van der Waals surface area contributed by atoms with E-state index >= 15 is 0 Å². The Balaban J connectivity index is 1.50. The monoisotopic (exact) mass is 383 g/mol. The highest BCUT2D eigenvalue weighted by Crippen LogP contribution is 2.31. The number of aromatic nitrogens is 1. The fraction of sp³-hybridized carbons (Fsp3) is 0.476. The first-order valence-electron chi connectivity index (χ1n) is 9.86. The van der Waals surface area contributed by atoms with Crippen molar-refractivity contribution in [2.75, 3.05) is 20.2 Å². The fourth-order valence-corrected chi connectivity index (χ4v) is 3.63. The minimum Gasteiger partial charge on any atom is -0.496 e. The molecule has 1 aliphatic heterocycles. The number of benzene rings is 1. The first kappa shape index (κ1) is 18.5. The van der Waals surface area contributed by atoms with Crippen molar-refractivity contribution in [3.8, 4) is 17.1 Å². The van der Waals surface area contributed by atoms with Crippen LogP contribution in [0.15, 0.2) is 34.9 Å². The summed E-state index contributed by atoms with van der Waals surface area (Å²) in [5, 5.41) is 6.97. The second kappa shape index (κ2) is 8.04. The van der Waals surface area contributed by atoms with Crippen LogP contribution in [0.25, 0.3) is 11.3 Å². The maximum atomic E-state index is 13.1. The summed E-state index contributed by atoms with van der Waals surface area (Å²) in [4.78, 5) is 27.3. The number of nitrogens with one attached hydrogen (secondary N) is 1. The molecule has 0 bridgehead atoms. The van der Waals surface area contributed by atoms with Crippen molar-refractivity contribution in [2.45, 2.75) is 38.1 Å². The lowest BCUT2D eigenvalue weighted by atomic mass is 10.0. The van der Waals surface area contributed by atoms with Gasteiger partial charge in [-0.3, -0.25) is 9.59 Å². The smallest absolute Gasteiger partial charge is 0.276 e. The van der Waals surface area contributed by atoms with E-state index in [2.05, 4.69) is 10.5 Å². The molecule has 1 N–H and O–H groups in total. The largest absolute Gasteiger partial charge is 0.496 e. The highest BCUT2D eigenvalue weighted by molar-refractivity contribution is 5.97. The lowest BCUT2D eigenvalue weighted by Gasteiger charge is -2.34. The van der Waals surface area contributed by atoms with Gasteiger partial charge < -0.3 is 19.5 Å². The zero-order valence-electron chi connectivity index (χ0n) is 16.0. The van der Waals surface area contributed by atoms with Gasteiger partial charge in [0.1, 0.15) is 11.8 Å². The van der Waals surface area contributed by atoms with Crippen LogP contribution in [0.2, 0.25) is 0 Å². The number of methoxy groups -OCH3 is 1. The molecule has 0 radical (unpaired) electrons. The molecule has 7 nitrogen and oxygen atoms in total. The van der Waals surface area contributed by atoms with Gasteiger partial charge in [0.2, 0.25) is 5.91 Å². The summed E-state index contributed by atoms with van der Waals surface area (Å²) in [7, 11) is 1.58. The van der Waals surface area contributed by atoms with Crippen molar-refractivity contribution in [1.29, 1.82) is 0 Å². The van der Waals surface area contributed by atoms with Crippen molar-refractivity contribution in [3.63, 3.8) is 0 Å². The van der Waals surface area contributed by atoms with E-state index < -0.39 is 6.04 Å².